The van der Waals surface area contributed by atoms with Crippen molar-refractivity contribution in [2.24, 2.45) is 0 Å². The van der Waals surface area contributed by atoms with Crippen LogP contribution in [0.25, 0.3) is 11.5 Å². The Morgan fingerprint density at radius 2 is 2.14 bits per heavy atom. The Hall–Kier alpha value is -2.08. The molecular formula is C18H19N3O5S3. The maximum Gasteiger partial charge on any atom is 0.360 e. The molecule has 8 nitrogen and oxygen atoms in total. The Morgan fingerprint density at radius 1 is 1.34 bits per heavy atom. The van der Waals surface area contributed by atoms with Gasteiger partial charge in [0.2, 0.25) is 0 Å². The van der Waals surface area contributed by atoms with Crippen LogP contribution < -0.4 is 0 Å². The molecule has 0 N–H and O–H groups in total. The summed E-state index contributed by atoms with van der Waals surface area (Å²) in [4.78, 5) is 16.4. The van der Waals surface area contributed by atoms with Gasteiger partial charge in [-0.15, -0.1) is 22.7 Å². The number of nitrogens with zero attached hydrogens (tertiary/aromatic N) is 3. The van der Waals surface area contributed by atoms with Gasteiger partial charge in [0.1, 0.15) is 9.90 Å². The van der Waals surface area contributed by atoms with E-state index >= 15 is 0 Å². The Balaban J connectivity index is 1.42. The van der Waals surface area contributed by atoms with E-state index in [0.717, 1.165) is 5.01 Å². The second-order valence-corrected chi connectivity index (χ2v) is 10.5. The average Bonchev–Trinajstić information content (AvgIpc) is 3.49. The first kappa shape index (κ1) is 20.2. The van der Waals surface area contributed by atoms with Gasteiger partial charge in [0.25, 0.3) is 10.0 Å². The zero-order valence-electron chi connectivity index (χ0n) is 15.6. The van der Waals surface area contributed by atoms with Crippen LogP contribution in [0.4, 0.5) is 0 Å². The summed E-state index contributed by atoms with van der Waals surface area (Å²) in [6.07, 6.45) is 1.42. The van der Waals surface area contributed by atoms with Crippen molar-refractivity contribution in [1.29, 1.82) is 0 Å². The van der Waals surface area contributed by atoms with Crippen LogP contribution in [0.3, 0.4) is 0 Å². The van der Waals surface area contributed by atoms with Gasteiger partial charge < -0.3 is 9.26 Å². The van der Waals surface area contributed by atoms with Crippen LogP contribution in [-0.4, -0.2) is 48.5 Å². The molecule has 0 bridgehead atoms. The molecule has 3 aromatic rings. The van der Waals surface area contributed by atoms with Gasteiger partial charge >= 0.3 is 5.97 Å². The number of esters is 1. The van der Waals surface area contributed by atoms with Gasteiger partial charge in [-0.25, -0.2) is 18.2 Å². The molecule has 11 heteroatoms. The molecule has 4 rings (SSSR count). The van der Waals surface area contributed by atoms with Crippen LogP contribution in [0.2, 0.25) is 0 Å². The number of rotatable bonds is 6. The van der Waals surface area contributed by atoms with Crippen LogP contribution in [0, 0.1) is 0 Å². The van der Waals surface area contributed by atoms with Gasteiger partial charge in [-0.05, 0) is 31.2 Å². The minimum atomic E-state index is -3.40. The van der Waals surface area contributed by atoms with Gasteiger partial charge in [0.05, 0.1) is 11.6 Å². The lowest BCUT2D eigenvalue weighted by Gasteiger charge is -2.29. The maximum atomic E-state index is 12.7. The van der Waals surface area contributed by atoms with Crippen LogP contribution in [0.15, 0.2) is 37.7 Å². The summed E-state index contributed by atoms with van der Waals surface area (Å²) >= 11 is 2.74. The largest absolute Gasteiger partial charge is 0.461 e. The predicted octanol–water partition coefficient (Wildman–Crippen LogP) is 3.60. The molecule has 0 saturated carbocycles. The Morgan fingerprint density at radius 3 is 2.83 bits per heavy atom. The fourth-order valence-corrected chi connectivity index (χ4v) is 6.76. The summed E-state index contributed by atoms with van der Waals surface area (Å²) < 4.78 is 37.4. The number of piperidine rings is 1. The van der Waals surface area contributed by atoms with Gasteiger partial charge in [0, 0.05) is 30.5 Å². The summed E-state index contributed by atoms with van der Waals surface area (Å²) in [5, 5.41) is 8.30. The lowest BCUT2D eigenvalue weighted by molar-refractivity contribution is 0.0514. The summed E-state index contributed by atoms with van der Waals surface area (Å²) in [5.74, 6) is 0.0709. The molecular weight excluding hydrogens is 434 g/mol. The first-order valence-corrected chi connectivity index (χ1v) is 12.3. The minimum absolute atomic E-state index is 0.114. The number of carbonyl (C=O) groups excluding carboxylic acids is 1. The number of thiazole rings is 1. The Kier molecular flexibility index (Phi) is 5.81. The van der Waals surface area contributed by atoms with E-state index in [1.807, 2.05) is 5.38 Å². The summed E-state index contributed by atoms with van der Waals surface area (Å²) in [5.41, 5.74) is 0.727. The Labute approximate surface area is 176 Å². The van der Waals surface area contributed by atoms with E-state index in [9.17, 15) is 13.2 Å². The smallest absolute Gasteiger partial charge is 0.360 e. The molecule has 1 aliphatic rings. The van der Waals surface area contributed by atoms with Crippen molar-refractivity contribution >= 4 is 38.7 Å². The molecule has 154 valence electrons. The molecule has 0 aliphatic carbocycles. The highest BCUT2D eigenvalue weighted by Crippen LogP contribution is 2.35. The maximum absolute atomic E-state index is 12.7. The van der Waals surface area contributed by atoms with Crippen molar-refractivity contribution in [3.05, 3.63) is 39.7 Å². The van der Waals surface area contributed by atoms with Crippen LogP contribution in [0.5, 0.6) is 0 Å². The van der Waals surface area contributed by atoms with Crippen molar-refractivity contribution < 1.29 is 22.5 Å². The molecule has 4 heterocycles. The molecule has 1 saturated heterocycles. The fraction of sp³-hybridized carbons (Fsp3) is 0.389. The van der Waals surface area contributed by atoms with E-state index in [4.69, 9.17) is 9.26 Å². The third-order valence-corrected chi connectivity index (χ3v) is 8.94. The summed E-state index contributed by atoms with van der Waals surface area (Å²) in [6.45, 7) is 2.93. The van der Waals surface area contributed by atoms with Gasteiger partial charge in [-0.3, -0.25) is 0 Å². The summed E-state index contributed by atoms with van der Waals surface area (Å²) in [6, 6.07) is 4.91. The molecule has 0 aromatic carbocycles. The SMILES string of the molecule is CCOC(=O)c1cc(-c2csc(C3CCN(S(=O)(=O)c4cccs4)CC3)n2)on1. The molecule has 0 atom stereocenters. The van der Waals surface area contributed by atoms with Gasteiger partial charge in [0.15, 0.2) is 11.5 Å². The van der Waals surface area contributed by atoms with Crippen molar-refractivity contribution in [2.45, 2.75) is 29.9 Å². The highest BCUT2D eigenvalue weighted by molar-refractivity contribution is 7.91. The number of hydrogen-bond acceptors (Lipinski definition) is 9. The molecule has 1 aliphatic heterocycles. The van der Waals surface area contributed by atoms with E-state index in [2.05, 4.69) is 10.1 Å². The van der Waals surface area contributed by atoms with E-state index in [-0.39, 0.29) is 18.2 Å². The molecule has 0 spiro atoms. The lowest BCUT2D eigenvalue weighted by Crippen LogP contribution is -2.37. The van der Waals surface area contributed by atoms with Crippen molar-refractivity contribution in [2.75, 3.05) is 19.7 Å². The molecule has 0 unspecified atom stereocenters. The first-order valence-electron chi connectivity index (χ1n) is 9.12. The zero-order valence-corrected chi connectivity index (χ0v) is 18.1. The molecule has 1 fully saturated rings. The van der Waals surface area contributed by atoms with Gasteiger partial charge in [-0.2, -0.15) is 4.31 Å². The topological polar surface area (TPSA) is 103 Å². The monoisotopic (exact) mass is 453 g/mol. The van der Waals surface area contributed by atoms with Crippen molar-refractivity contribution in [3.8, 4) is 11.5 Å². The average molecular weight is 454 g/mol. The van der Waals surface area contributed by atoms with Crippen LogP contribution >= 0.6 is 22.7 Å². The van der Waals surface area contributed by atoms with E-state index in [1.165, 1.54) is 28.7 Å². The first-order chi connectivity index (χ1) is 14.0. The number of thiophene rings is 1. The van der Waals surface area contributed by atoms with Crippen molar-refractivity contribution in [1.82, 2.24) is 14.4 Å². The molecule has 29 heavy (non-hydrogen) atoms. The number of sulfonamides is 1. The number of hydrogen-bond donors (Lipinski definition) is 0. The number of ether oxygens (including phenoxy) is 1. The number of aromatic nitrogens is 2. The van der Waals surface area contributed by atoms with Crippen molar-refractivity contribution in [3.63, 3.8) is 0 Å². The quantitative estimate of drug-likeness (QED) is 0.525. The molecule has 3 aromatic heterocycles. The lowest BCUT2D eigenvalue weighted by atomic mass is 9.99. The number of carbonyl (C=O) groups is 1. The Bertz CT molecular complexity index is 1080. The normalized spacial score (nSPS) is 16.2. The molecule has 0 radical (unpaired) electrons. The highest BCUT2D eigenvalue weighted by atomic mass is 32.2. The standard InChI is InChI=1S/C18H19N3O5S3/c1-2-25-18(22)13-10-15(26-20-13)14-11-28-17(19-14)12-5-7-21(8-6-12)29(23,24)16-4-3-9-27-16/h3-4,9-12H,2,5-8H2,1H3. The second-order valence-electron chi connectivity index (χ2n) is 6.48. The van der Waals surface area contributed by atoms with Gasteiger partial charge in [-0.1, -0.05) is 11.2 Å². The van der Waals surface area contributed by atoms with Crippen LogP contribution in [-0.2, 0) is 14.8 Å². The van der Waals surface area contributed by atoms with E-state index in [0.29, 0.717) is 41.6 Å². The molecule has 0 amide bonds. The zero-order chi connectivity index (χ0) is 20.4. The fourth-order valence-electron chi connectivity index (χ4n) is 3.17. The highest BCUT2D eigenvalue weighted by Gasteiger charge is 2.31. The predicted molar refractivity (Wildman–Crippen MR) is 109 cm³/mol. The minimum Gasteiger partial charge on any atom is -0.461 e. The third kappa shape index (κ3) is 4.13. The van der Waals surface area contributed by atoms with E-state index < -0.39 is 16.0 Å². The van der Waals surface area contributed by atoms with Crippen LogP contribution in [0.1, 0.15) is 41.2 Å². The summed E-state index contributed by atoms with van der Waals surface area (Å²) in [7, 11) is -3.40. The van der Waals surface area contributed by atoms with E-state index in [1.54, 1.807) is 28.7 Å². The second kappa shape index (κ2) is 8.34. The third-order valence-electron chi connectivity index (χ3n) is 4.66.